The zero-order chi connectivity index (χ0) is 13.8. The summed E-state index contributed by atoms with van der Waals surface area (Å²) in [6.07, 6.45) is 3.21. The second kappa shape index (κ2) is 6.23. The van der Waals surface area contributed by atoms with Gasteiger partial charge in [0.15, 0.2) is 0 Å². The van der Waals surface area contributed by atoms with Crippen molar-refractivity contribution in [1.82, 2.24) is 10.2 Å². The molecule has 0 bridgehead atoms. The summed E-state index contributed by atoms with van der Waals surface area (Å²) in [6, 6.07) is -0.0948. The normalized spacial score (nSPS) is 31.2. The molecule has 0 spiro atoms. The van der Waals surface area contributed by atoms with Gasteiger partial charge in [-0.3, -0.25) is 4.79 Å². The van der Waals surface area contributed by atoms with Crippen molar-refractivity contribution in [1.29, 1.82) is 0 Å². The van der Waals surface area contributed by atoms with Gasteiger partial charge >= 0.3 is 12.0 Å². The van der Waals surface area contributed by atoms with Crippen LogP contribution in [0.15, 0.2) is 0 Å². The van der Waals surface area contributed by atoms with Crippen LogP contribution in [0.3, 0.4) is 0 Å². The van der Waals surface area contributed by atoms with Crippen LogP contribution in [0.4, 0.5) is 4.79 Å². The molecule has 2 aliphatic rings. The van der Waals surface area contributed by atoms with Crippen LogP contribution in [0, 0.1) is 5.92 Å². The van der Waals surface area contributed by atoms with Crippen LogP contribution in [-0.4, -0.2) is 53.8 Å². The number of hydrogen-bond donors (Lipinski definition) is 2. The number of carboxylic acids is 1. The number of carbonyl (C=O) groups excluding carboxylic acids is 1. The Balaban J connectivity index is 1.87. The maximum absolute atomic E-state index is 12.2. The van der Waals surface area contributed by atoms with Gasteiger partial charge in [-0.15, -0.1) is 0 Å². The molecule has 2 saturated heterocycles. The Morgan fingerprint density at radius 3 is 2.89 bits per heavy atom. The molecule has 0 aromatic rings. The second-order valence-corrected chi connectivity index (χ2v) is 5.29. The lowest BCUT2D eigenvalue weighted by Crippen LogP contribution is -2.51. The minimum Gasteiger partial charge on any atom is -0.481 e. The summed E-state index contributed by atoms with van der Waals surface area (Å²) in [5.41, 5.74) is 0. The van der Waals surface area contributed by atoms with Crippen LogP contribution >= 0.6 is 0 Å². The van der Waals surface area contributed by atoms with Gasteiger partial charge in [0.1, 0.15) is 0 Å². The van der Waals surface area contributed by atoms with Crippen molar-refractivity contribution < 1.29 is 19.4 Å². The van der Waals surface area contributed by atoms with E-state index in [1.165, 1.54) is 0 Å². The number of rotatable bonds is 3. The zero-order valence-electron chi connectivity index (χ0n) is 11.3. The maximum Gasteiger partial charge on any atom is 0.317 e. The van der Waals surface area contributed by atoms with E-state index in [0.29, 0.717) is 26.1 Å². The van der Waals surface area contributed by atoms with Crippen molar-refractivity contribution >= 4 is 12.0 Å². The van der Waals surface area contributed by atoms with Gasteiger partial charge in [0, 0.05) is 19.7 Å². The Bertz CT molecular complexity index is 348. The van der Waals surface area contributed by atoms with E-state index < -0.39 is 11.9 Å². The highest BCUT2D eigenvalue weighted by Gasteiger charge is 2.32. The molecule has 108 valence electrons. The first-order chi connectivity index (χ1) is 9.11. The quantitative estimate of drug-likeness (QED) is 0.803. The first kappa shape index (κ1) is 14.1. The van der Waals surface area contributed by atoms with E-state index >= 15 is 0 Å². The van der Waals surface area contributed by atoms with E-state index in [4.69, 9.17) is 9.84 Å². The molecule has 0 radical (unpaired) electrons. The van der Waals surface area contributed by atoms with Crippen molar-refractivity contribution in [2.75, 3.05) is 19.7 Å². The predicted molar refractivity (Wildman–Crippen MR) is 68.9 cm³/mol. The summed E-state index contributed by atoms with van der Waals surface area (Å²) < 4.78 is 5.53. The minimum absolute atomic E-state index is 0.0581. The fourth-order valence-electron chi connectivity index (χ4n) is 2.83. The van der Waals surface area contributed by atoms with Crippen LogP contribution in [-0.2, 0) is 9.53 Å². The summed E-state index contributed by atoms with van der Waals surface area (Å²) in [5, 5.41) is 12.0. The van der Waals surface area contributed by atoms with Crippen LogP contribution in [0.2, 0.25) is 0 Å². The Kier molecular flexibility index (Phi) is 4.63. The molecule has 0 saturated carbocycles. The number of hydrogen-bond acceptors (Lipinski definition) is 3. The number of aliphatic carboxylic acids is 1. The number of carbonyl (C=O) groups is 2. The van der Waals surface area contributed by atoms with E-state index in [2.05, 4.69) is 5.32 Å². The van der Waals surface area contributed by atoms with Crippen LogP contribution in [0.25, 0.3) is 0 Å². The number of ether oxygens (including phenoxy) is 1. The van der Waals surface area contributed by atoms with Crippen molar-refractivity contribution in [3.63, 3.8) is 0 Å². The molecule has 0 aromatic heterocycles. The smallest absolute Gasteiger partial charge is 0.317 e. The summed E-state index contributed by atoms with van der Waals surface area (Å²) in [4.78, 5) is 24.8. The maximum atomic E-state index is 12.2. The highest BCUT2D eigenvalue weighted by molar-refractivity contribution is 5.76. The molecular weight excluding hydrogens is 248 g/mol. The number of nitrogens with zero attached hydrogens (tertiary/aromatic N) is 1. The predicted octanol–water partition coefficient (Wildman–Crippen LogP) is 1.06. The fraction of sp³-hybridized carbons (Fsp3) is 0.846. The van der Waals surface area contributed by atoms with Crippen molar-refractivity contribution in [2.24, 2.45) is 5.92 Å². The third-order valence-electron chi connectivity index (χ3n) is 3.98. The number of carboxylic acid groups (broad SMARTS) is 1. The molecule has 6 nitrogen and oxygen atoms in total. The molecule has 3 atom stereocenters. The highest BCUT2D eigenvalue weighted by Crippen LogP contribution is 2.19. The lowest BCUT2D eigenvalue weighted by molar-refractivity contribution is -0.143. The number of nitrogens with one attached hydrogen (secondary N) is 1. The Hall–Kier alpha value is -1.30. The molecule has 0 aromatic carbocycles. The standard InChI is InChI=1S/C13H22N2O4/c1-2-11-10(5-7-19-11)14-13(18)15-6-3-4-9(8-15)12(16)17/h9-11H,2-8H2,1H3,(H,14,18)(H,16,17)/t9?,10-,11+/m1/s1. The second-order valence-electron chi connectivity index (χ2n) is 5.29. The average molecular weight is 270 g/mol. The van der Waals surface area contributed by atoms with Gasteiger partial charge in [-0.05, 0) is 25.7 Å². The van der Waals surface area contributed by atoms with Gasteiger partial charge < -0.3 is 20.1 Å². The first-order valence-corrected chi connectivity index (χ1v) is 7.01. The monoisotopic (exact) mass is 270 g/mol. The van der Waals surface area contributed by atoms with Crippen LogP contribution in [0.5, 0.6) is 0 Å². The molecule has 6 heteroatoms. The number of likely N-dealkylation sites (tertiary alicyclic amines) is 1. The lowest BCUT2D eigenvalue weighted by Gasteiger charge is -2.32. The van der Waals surface area contributed by atoms with E-state index in [1.807, 2.05) is 6.92 Å². The third kappa shape index (κ3) is 3.37. The molecule has 19 heavy (non-hydrogen) atoms. The summed E-state index contributed by atoms with van der Waals surface area (Å²) in [5.74, 6) is -1.24. The first-order valence-electron chi connectivity index (χ1n) is 7.01. The highest BCUT2D eigenvalue weighted by atomic mass is 16.5. The summed E-state index contributed by atoms with van der Waals surface area (Å²) >= 11 is 0. The van der Waals surface area contributed by atoms with E-state index in [0.717, 1.165) is 19.3 Å². The van der Waals surface area contributed by atoms with Crippen molar-refractivity contribution in [3.8, 4) is 0 Å². The molecule has 2 amide bonds. The molecule has 0 aliphatic carbocycles. The molecule has 2 fully saturated rings. The lowest BCUT2D eigenvalue weighted by atomic mass is 9.98. The van der Waals surface area contributed by atoms with Crippen LogP contribution in [0.1, 0.15) is 32.6 Å². The van der Waals surface area contributed by atoms with Gasteiger partial charge in [0.05, 0.1) is 18.1 Å². The number of urea groups is 1. The Labute approximate surface area is 113 Å². The molecule has 1 unspecified atom stereocenters. The van der Waals surface area contributed by atoms with Gasteiger partial charge in [0.25, 0.3) is 0 Å². The molecule has 2 aliphatic heterocycles. The summed E-state index contributed by atoms with van der Waals surface area (Å²) in [7, 11) is 0. The van der Waals surface area contributed by atoms with Gasteiger partial charge in [-0.2, -0.15) is 0 Å². The Morgan fingerprint density at radius 2 is 2.21 bits per heavy atom. The number of piperidine rings is 1. The van der Waals surface area contributed by atoms with E-state index in [-0.39, 0.29) is 18.2 Å². The zero-order valence-corrected chi connectivity index (χ0v) is 11.3. The Morgan fingerprint density at radius 1 is 1.42 bits per heavy atom. The molecular formula is C13H22N2O4. The fourth-order valence-corrected chi connectivity index (χ4v) is 2.83. The van der Waals surface area contributed by atoms with Gasteiger partial charge in [-0.1, -0.05) is 6.92 Å². The molecule has 2 N–H and O–H groups in total. The summed E-state index contributed by atoms with van der Waals surface area (Å²) in [6.45, 7) is 3.67. The van der Waals surface area contributed by atoms with E-state index in [1.54, 1.807) is 4.90 Å². The largest absolute Gasteiger partial charge is 0.481 e. The topological polar surface area (TPSA) is 78.9 Å². The number of amides is 2. The van der Waals surface area contributed by atoms with Gasteiger partial charge in [-0.25, -0.2) is 4.79 Å². The van der Waals surface area contributed by atoms with Gasteiger partial charge in [0.2, 0.25) is 0 Å². The SMILES string of the molecule is CC[C@@H]1OCC[C@H]1NC(=O)N1CCCC(C(=O)O)C1. The van der Waals surface area contributed by atoms with Crippen LogP contribution < -0.4 is 5.32 Å². The third-order valence-corrected chi connectivity index (χ3v) is 3.98. The molecule has 2 heterocycles. The van der Waals surface area contributed by atoms with Crippen molar-refractivity contribution in [2.45, 2.75) is 44.8 Å². The average Bonchev–Trinajstić information content (AvgIpc) is 2.86. The van der Waals surface area contributed by atoms with E-state index in [9.17, 15) is 9.59 Å². The minimum atomic E-state index is -0.812. The molecule has 2 rings (SSSR count). The van der Waals surface area contributed by atoms with Crippen molar-refractivity contribution in [3.05, 3.63) is 0 Å².